The Morgan fingerprint density at radius 1 is 0.944 bits per heavy atom. The van der Waals surface area contributed by atoms with Crippen molar-refractivity contribution in [3.8, 4) is 0 Å². The highest BCUT2D eigenvalue weighted by atomic mass is 28.4. The first-order valence-electron chi connectivity index (χ1n) is 7.14. The summed E-state index contributed by atoms with van der Waals surface area (Å²) in [4.78, 5) is 4.38. The molecule has 18 heavy (non-hydrogen) atoms. The second kappa shape index (κ2) is 11.8. The molecule has 0 aliphatic carbocycles. The topological polar surface area (TPSA) is 40.0 Å². The van der Waals surface area contributed by atoms with E-state index in [1.807, 2.05) is 27.0 Å². The van der Waals surface area contributed by atoms with Gasteiger partial charge in [-0.2, -0.15) is 0 Å². The molecule has 108 valence electrons. The van der Waals surface area contributed by atoms with Crippen LogP contribution >= 0.6 is 0 Å². The molecule has 0 N–H and O–H groups in total. The van der Waals surface area contributed by atoms with Crippen LogP contribution in [0.25, 0.3) is 0 Å². The average Bonchev–Trinajstić information content (AvgIpc) is 2.35. The molecule has 0 aromatic heterocycles. The van der Waals surface area contributed by atoms with Gasteiger partial charge in [-0.3, -0.25) is 4.99 Å². The molecule has 5 heteroatoms. The van der Waals surface area contributed by atoms with Crippen LogP contribution in [-0.2, 0) is 13.3 Å². The molecule has 0 bridgehead atoms. The van der Waals surface area contributed by atoms with Crippen molar-refractivity contribution in [3.05, 3.63) is 0 Å². The summed E-state index contributed by atoms with van der Waals surface area (Å²) in [5.41, 5.74) is 0. The summed E-state index contributed by atoms with van der Waals surface area (Å²) in [5, 5.41) is 0. The smallest absolute Gasteiger partial charge is 0.374 e. The van der Waals surface area contributed by atoms with Crippen LogP contribution in [0.4, 0.5) is 0 Å². The van der Waals surface area contributed by atoms with Crippen molar-refractivity contribution in [2.45, 2.75) is 53.0 Å². The van der Waals surface area contributed by atoms with E-state index in [0.29, 0.717) is 19.8 Å². The molecule has 0 saturated heterocycles. The highest BCUT2D eigenvalue weighted by Gasteiger charge is 2.39. The van der Waals surface area contributed by atoms with Crippen molar-refractivity contribution < 1.29 is 13.3 Å². The molecule has 0 amide bonds. The Balaban J connectivity index is 4.12. The monoisotopic (exact) mass is 275 g/mol. The third-order valence-corrected chi connectivity index (χ3v) is 5.56. The standard InChI is InChI=1S/C13H29NO3Si/c1-5-9-11-14-12-10-13-18(15-6-2,16-7-3)17-8-4/h11H,5-10,12-13H2,1-4H3. The number of unbranched alkanes of at least 4 members (excludes halogenated alkanes) is 1. The van der Waals surface area contributed by atoms with Gasteiger partial charge >= 0.3 is 8.80 Å². The van der Waals surface area contributed by atoms with E-state index in [9.17, 15) is 0 Å². The van der Waals surface area contributed by atoms with Crippen molar-refractivity contribution in [3.63, 3.8) is 0 Å². The van der Waals surface area contributed by atoms with Gasteiger partial charge < -0.3 is 13.3 Å². The van der Waals surface area contributed by atoms with Crippen molar-refractivity contribution >= 4 is 15.0 Å². The minimum Gasteiger partial charge on any atom is -0.374 e. The summed E-state index contributed by atoms with van der Waals surface area (Å²) in [6, 6.07) is 0.853. The maximum absolute atomic E-state index is 5.78. The van der Waals surface area contributed by atoms with Crippen LogP contribution in [-0.4, -0.2) is 41.4 Å². The zero-order chi connectivity index (χ0) is 13.7. The van der Waals surface area contributed by atoms with Crippen LogP contribution in [0.5, 0.6) is 0 Å². The van der Waals surface area contributed by atoms with Gasteiger partial charge in [0.1, 0.15) is 0 Å². The summed E-state index contributed by atoms with van der Waals surface area (Å²) in [7, 11) is -2.44. The van der Waals surface area contributed by atoms with Crippen LogP contribution < -0.4 is 0 Å². The van der Waals surface area contributed by atoms with E-state index in [0.717, 1.165) is 31.9 Å². The minimum absolute atomic E-state index is 0.644. The van der Waals surface area contributed by atoms with Gasteiger partial charge in [0.2, 0.25) is 0 Å². The molecule has 0 rings (SSSR count). The molecule has 0 aliphatic heterocycles. The van der Waals surface area contributed by atoms with Crippen LogP contribution in [0.1, 0.15) is 47.0 Å². The van der Waals surface area contributed by atoms with Crippen molar-refractivity contribution in [2.24, 2.45) is 4.99 Å². The Kier molecular flexibility index (Phi) is 11.7. The molecule has 0 spiro atoms. The molecule has 0 aromatic rings. The molecule has 0 saturated carbocycles. The van der Waals surface area contributed by atoms with E-state index in [1.165, 1.54) is 0 Å². The van der Waals surface area contributed by atoms with E-state index in [-0.39, 0.29) is 0 Å². The third kappa shape index (κ3) is 7.97. The molecule has 0 heterocycles. The molecular weight excluding hydrogens is 246 g/mol. The van der Waals surface area contributed by atoms with Crippen LogP contribution in [0.2, 0.25) is 6.04 Å². The first kappa shape index (κ1) is 17.8. The van der Waals surface area contributed by atoms with Crippen molar-refractivity contribution in [1.82, 2.24) is 0 Å². The maximum Gasteiger partial charge on any atom is 0.500 e. The zero-order valence-electron chi connectivity index (χ0n) is 12.4. The highest BCUT2D eigenvalue weighted by Crippen LogP contribution is 2.18. The molecule has 4 nitrogen and oxygen atoms in total. The lowest BCUT2D eigenvalue weighted by Crippen LogP contribution is -2.46. The lowest BCUT2D eigenvalue weighted by molar-refractivity contribution is 0.0710. The largest absolute Gasteiger partial charge is 0.500 e. The SMILES string of the molecule is CCCC=NCCC[Si](OCC)(OCC)OCC. The van der Waals surface area contributed by atoms with Crippen LogP contribution in [0.3, 0.4) is 0 Å². The van der Waals surface area contributed by atoms with E-state index in [1.54, 1.807) is 0 Å². The van der Waals surface area contributed by atoms with Gasteiger partial charge in [-0.05, 0) is 39.8 Å². The third-order valence-electron chi connectivity index (χ3n) is 2.41. The van der Waals surface area contributed by atoms with E-state index in [2.05, 4.69) is 11.9 Å². The molecular formula is C13H29NO3Si. The van der Waals surface area contributed by atoms with Crippen LogP contribution in [0, 0.1) is 0 Å². The van der Waals surface area contributed by atoms with Gasteiger partial charge in [0, 0.05) is 32.4 Å². The molecule has 0 atom stereocenters. The van der Waals surface area contributed by atoms with Gasteiger partial charge in [0.05, 0.1) is 0 Å². The van der Waals surface area contributed by atoms with Gasteiger partial charge in [-0.1, -0.05) is 13.3 Å². The average molecular weight is 275 g/mol. The number of hydrogen-bond acceptors (Lipinski definition) is 4. The highest BCUT2D eigenvalue weighted by molar-refractivity contribution is 6.60. The Labute approximate surface area is 113 Å². The lowest BCUT2D eigenvalue weighted by atomic mass is 10.4. The van der Waals surface area contributed by atoms with Gasteiger partial charge in [-0.25, -0.2) is 0 Å². The molecule has 0 radical (unpaired) electrons. The maximum atomic E-state index is 5.78. The van der Waals surface area contributed by atoms with Gasteiger partial charge in [0.15, 0.2) is 0 Å². The summed E-state index contributed by atoms with van der Waals surface area (Å²) >= 11 is 0. The van der Waals surface area contributed by atoms with Gasteiger partial charge in [-0.15, -0.1) is 0 Å². The summed E-state index contributed by atoms with van der Waals surface area (Å²) in [6.07, 6.45) is 5.18. The Bertz CT molecular complexity index is 195. The number of hydrogen-bond donors (Lipinski definition) is 0. The normalized spacial score (nSPS) is 12.4. The van der Waals surface area contributed by atoms with Crippen LogP contribution in [0.15, 0.2) is 4.99 Å². The molecule has 0 unspecified atom stereocenters. The van der Waals surface area contributed by atoms with Crippen molar-refractivity contribution in [1.29, 1.82) is 0 Å². The number of aliphatic imine (C=N–C) groups is 1. The van der Waals surface area contributed by atoms with E-state index in [4.69, 9.17) is 13.3 Å². The number of rotatable bonds is 12. The fourth-order valence-electron chi connectivity index (χ4n) is 1.70. The van der Waals surface area contributed by atoms with E-state index >= 15 is 0 Å². The Morgan fingerprint density at radius 3 is 1.94 bits per heavy atom. The Morgan fingerprint density at radius 2 is 1.50 bits per heavy atom. The first-order chi connectivity index (χ1) is 8.74. The molecule has 0 aliphatic rings. The fourth-order valence-corrected chi connectivity index (χ4v) is 4.29. The number of nitrogens with zero attached hydrogens (tertiary/aromatic N) is 1. The molecule has 0 fully saturated rings. The van der Waals surface area contributed by atoms with E-state index < -0.39 is 8.80 Å². The molecule has 0 aromatic carbocycles. The fraction of sp³-hybridized carbons (Fsp3) is 0.923. The quantitative estimate of drug-likeness (QED) is 0.312. The predicted molar refractivity (Wildman–Crippen MR) is 78.3 cm³/mol. The summed E-state index contributed by atoms with van der Waals surface area (Å²) in [5.74, 6) is 0. The predicted octanol–water partition coefficient (Wildman–Crippen LogP) is 3.30. The Hall–Kier alpha value is -0.233. The second-order valence-corrected chi connectivity index (χ2v) is 6.70. The first-order valence-corrected chi connectivity index (χ1v) is 9.07. The minimum atomic E-state index is -2.44. The summed E-state index contributed by atoms with van der Waals surface area (Å²) in [6.45, 7) is 10.9. The lowest BCUT2D eigenvalue weighted by Gasteiger charge is -2.28. The second-order valence-electron chi connectivity index (χ2n) is 3.96. The zero-order valence-corrected chi connectivity index (χ0v) is 13.4. The van der Waals surface area contributed by atoms with Gasteiger partial charge in [0.25, 0.3) is 0 Å². The van der Waals surface area contributed by atoms with Crippen molar-refractivity contribution in [2.75, 3.05) is 26.4 Å². The summed E-state index contributed by atoms with van der Waals surface area (Å²) < 4.78 is 17.3.